The zero-order valence-corrected chi connectivity index (χ0v) is 18.6. The molecule has 0 aliphatic heterocycles. The van der Waals surface area contributed by atoms with Crippen LogP contribution in [0.4, 0.5) is 10.5 Å². The molecule has 0 aliphatic carbocycles. The van der Waals surface area contributed by atoms with Crippen LogP contribution in [0.25, 0.3) is 10.9 Å². The number of aromatic nitrogens is 2. The Morgan fingerprint density at radius 2 is 1.73 bits per heavy atom. The number of benzene rings is 3. The lowest BCUT2D eigenvalue weighted by molar-refractivity contribution is 0.155. The van der Waals surface area contributed by atoms with Gasteiger partial charge >= 0.3 is 6.09 Å². The van der Waals surface area contributed by atoms with Crippen molar-refractivity contribution in [2.45, 2.75) is 6.61 Å². The van der Waals surface area contributed by atoms with Gasteiger partial charge in [-0.1, -0.05) is 41.9 Å². The molecule has 4 rings (SSSR count). The number of anilines is 1. The molecule has 9 heteroatoms. The number of ether oxygens (including phenoxy) is 4. The summed E-state index contributed by atoms with van der Waals surface area (Å²) in [5, 5.41) is 3.54. The van der Waals surface area contributed by atoms with E-state index in [4.69, 9.17) is 30.5 Å². The molecule has 1 aromatic heterocycles. The quantitative estimate of drug-likeness (QED) is 0.366. The summed E-state index contributed by atoms with van der Waals surface area (Å²) < 4.78 is 21.8. The average molecular weight is 466 g/mol. The van der Waals surface area contributed by atoms with E-state index in [1.807, 2.05) is 30.3 Å². The molecule has 1 N–H and O–H groups in total. The van der Waals surface area contributed by atoms with E-state index < -0.39 is 6.09 Å². The first kappa shape index (κ1) is 22.2. The highest BCUT2D eigenvalue weighted by molar-refractivity contribution is 6.33. The lowest BCUT2D eigenvalue weighted by Crippen LogP contribution is -2.13. The van der Waals surface area contributed by atoms with Gasteiger partial charge in [0, 0.05) is 12.1 Å². The van der Waals surface area contributed by atoms with Gasteiger partial charge in [-0.05, 0) is 23.8 Å². The maximum Gasteiger partial charge on any atom is 0.412 e. The van der Waals surface area contributed by atoms with Crippen molar-refractivity contribution in [3.63, 3.8) is 0 Å². The van der Waals surface area contributed by atoms with Gasteiger partial charge in [-0.25, -0.2) is 14.8 Å². The topological polar surface area (TPSA) is 91.8 Å². The highest BCUT2D eigenvalue weighted by Gasteiger charge is 2.14. The molecule has 168 valence electrons. The molecule has 0 saturated heterocycles. The number of methoxy groups -OCH3 is 2. The van der Waals surface area contributed by atoms with Gasteiger partial charge in [0.25, 0.3) is 0 Å². The summed E-state index contributed by atoms with van der Waals surface area (Å²) in [6.45, 7) is 0.153. The summed E-state index contributed by atoms with van der Waals surface area (Å²) in [6, 6.07) is 17.7. The van der Waals surface area contributed by atoms with Gasteiger partial charge in [-0.15, -0.1) is 0 Å². The molecule has 8 nitrogen and oxygen atoms in total. The fraction of sp³-hybridized carbons (Fsp3) is 0.125. The Balaban J connectivity index is 1.48. The molecule has 0 bridgehead atoms. The van der Waals surface area contributed by atoms with Crippen LogP contribution in [0.3, 0.4) is 0 Å². The first-order valence-corrected chi connectivity index (χ1v) is 10.3. The van der Waals surface area contributed by atoms with Gasteiger partial charge in [0.15, 0.2) is 11.5 Å². The number of nitrogens with one attached hydrogen (secondary N) is 1. The number of hydrogen-bond acceptors (Lipinski definition) is 7. The molecule has 0 unspecified atom stereocenters. The monoisotopic (exact) mass is 465 g/mol. The molecule has 0 spiro atoms. The standard InChI is InChI=1S/C24H20ClN3O5/c1-30-21-11-17-20(12-22(21)31-2)26-14-27-23(17)33-16-8-9-19(18(25)10-16)28-24(29)32-13-15-6-4-3-5-7-15/h3-12,14H,13H2,1-2H3,(H,28,29). The van der Waals surface area contributed by atoms with Crippen molar-refractivity contribution in [1.29, 1.82) is 0 Å². The Bertz CT molecular complexity index is 1280. The SMILES string of the molecule is COc1cc2ncnc(Oc3ccc(NC(=O)OCc4ccccc4)c(Cl)c3)c2cc1OC. The summed E-state index contributed by atoms with van der Waals surface area (Å²) in [7, 11) is 3.10. The molecular formula is C24H20ClN3O5. The predicted octanol–water partition coefficient (Wildman–Crippen LogP) is 5.84. The van der Waals surface area contributed by atoms with Crippen LogP contribution in [0.2, 0.25) is 5.02 Å². The zero-order chi connectivity index (χ0) is 23.2. The molecule has 0 aliphatic rings. The Kier molecular flexibility index (Phi) is 6.75. The maximum absolute atomic E-state index is 12.1. The number of amides is 1. The van der Waals surface area contributed by atoms with Crippen molar-refractivity contribution in [3.05, 3.63) is 77.6 Å². The van der Waals surface area contributed by atoms with Gasteiger partial charge in [0.05, 0.1) is 35.8 Å². The van der Waals surface area contributed by atoms with Crippen molar-refractivity contribution >= 4 is 34.3 Å². The second-order valence-electron chi connectivity index (χ2n) is 6.83. The van der Waals surface area contributed by atoms with Crippen LogP contribution in [0.15, 0.2) is 67.0 Å². The molecule has 1 heterocycles. The molecule has 33 heavy (non-hydrogen) atoms. The zero-order valence-electron chi connectivity index (χ0n) is 17.9. The third-order valence-corrected chi connectivity index (χ3v) is 5.02. The number of hydrogen-bond donors (Lipinski definition) is 1. The highest BCUT2D eigenvalue weighted by atomic mass is 35.5. The molecular weight excluding hydrogens is 446 g/mol. The third kappa shape index (κ3) is 5.24. The van der Waals surface area contributed by atoms with E-state index in [0.29, 0.717) is 39.7 Å². The van der Waals surface area contributed by atoms with Crippen molar-refractivity contribution in [2.75, 3.05) is 19.5 Å². The normalized spacial score (nSPS) is 10.5. The summed E-state index contributed by atoms with van der Waals surface area (Å²) in [4.78, 5) is 20.6. The number of nitrogens with zero attached hydrogens (tertiary/aromatic N) is 2. The van der Waals surface area contributed by atoms with E-state index >= 15 is 0 Å². The number of rotatable bonds is 7. The number of halogens is 1. The number of fused-ring (bicyclic) bond motifs is 1. The van der Waals surface area contributed by atoms with Crippen LogP contribution in [0, 0.1) is 0 Å². The summed E-state index contributed by atoms with van der Waals surface area (Å²) in [5.74, 6) is 1.82. The van der Waals surface area contributed by atoms with E-state index in [1.54, 1.807) is 44.6 Å². The molecule has 1 amide bonds. The number of carbonyl (C=O) groups excluding carboxylic acids is 1. The average Bonchev–Trinajstić information content (AvgIpc) is 2.84. The summed E-state index contributed by atoms with van der Waals surface area (Å²) in [5.41, 5.74) is 1.90. The van der Waals surface area contributed by atoms with Gasteiger partial charge < -0.3 is 18.9 Å². The second-order valence-corrected chi connectivity index (χ2v) is 7.24. The maximum atomic E-state index is 12.1. The second kappa shape index (κ2) is 10.1. The Labute approximate surface area is 195 Å². The first-order valence-electron chi connectivity index (χ1n) is 9.89. The van der Waals surface area contributed by atoms with Gasteiger partial charge in [-0.2, -0.15) is 0 Å². The van der Waals surface area contributed by atoms with Crippen LogP contribution < -0.4 is 19.5 Å². The van der Waals surface area contributed by atoms with Gasteiger partial charge in [-0.3, -0.25) is 5.32 Å². The Morgan fingerprint density at radius 1 is 0.970 bits per heavy atom. The van der Waals surface area contributed by atoms with Crippen molar-refractivity contribution in [2.24, 2.45) is 0 Å². The van der Waals surface area contributed by atoms with E-state index in [9.17, 15) is 4.79 Å². The van der Waals surface area contributed by atoms with Gasteiger partial charge in [0.2, 0.25) is 5.88 Å². The third-order valence-electron chi connectivity index (χ3n) is 4.71. The molecule has 0 fully saturated rings. The van der Waals surface area contributed by atoms with E-state index in [-0.39, 0.29) is 11.6 Å². The number of carbonyl (C=O) groups is 1. The van der Waals surface area contributed by atoms with Crippen LogP contribution in [-0.4, -0.2) is 30.3 Å². The van der Waals surface area contributed by atoms with Crippen molar-refractivity contribution in [3.8, 4) is 23.1 Å². The van der Waals surface area contributed by atoms with E-state index in [1.165, 1.54) is 6.33 Å². The van der Waals surface area contributed by atoms with Gasteiger partial charge in [0.1, 0.15) is 18.7 Å². The lowest BCUT2D eigenvalue weighted by atomic mass is 10.2. The predicted molar refractivity (Wildman–Crippen MR) is 124 cm³/mol. The minimum absolute atomic E-state index is 0.153. The van der Waals surface area contributed by atoms with E-state index in [2.05, 4.69) is 15.3 Å². The molecule has 0 saturated carbocycles. The molecule has 3 aromatic carbocycles. The minimum atomic E-state index is -0.614. The van der Waals surface area contributed by atoms with Crippen molar-refractivity contribution in [1.82, 2.24) is 9.97 Å². The smallest absolute Gasteiger partial charge is 0.412 e. The molecule has 0 radical (unpaired) electrons. The molecule has 0 atom stereocenters. The fourth-order valence-electron chi connectivity index (χ4n) is 3.08. The Morgan fingerprint density at radius 3 is 2.45 bits per heavy atom. The van der Waals surface area contributed by atoms with Crippen LogP contribution in [0.5, 0.6) is 23.1 Å². The highest BCUT2D eigenvalue weighted by Crippen LogP contribution is 2.36. The summed E-state index contributed by atoms with van der Waals surface area (Å²) in [6.07, 6.45) is 0.779. The lowest BCUT2D eigenvalue weighted by Gasteiger charge is -2.12. The first-order chi connectivity index (χ1) is 16.1. The van der Waals surface area contributed by atoms with Crippen molar-refractivity contribution < 1.29 is 23.7 Å². The summed E-state index contributed by atoms with van der Waals surface area (Å²) >= 11 is 6.34. The van der Waals surface area contributed by atoms with Crippen LogP contribution in [0.1, 0.15) is 5.56 Å². The largest absolute Gasteiger partial charge is 0.493 e. The fourth-order valence-corrected chi connectivity index (χ4v) is 3.30. The van der Waals surface area contributed by atoms with Crippen LogP contribution >= 0.6 is 11.6 Å². The van der Waals surface area contributed by atoms with Crippen LogP contribution in [-0.2, 0) is 11.3 Å². The molecule has 4 aromatic rings. The van der Waals surface area contributed by atoms with E-state index in [0.717, 1.165) is 5.56 Å². The Hall–Kier alpha value is -4.04. The minimum Gasteiger partial charge on any atom is -0.493 e.